The van der Waals surface area contributed by atoms with E-state index in [9.17, 15) is 30.3 Å². The highest BCUT2D eigenvalue weighted by Gasteiger charge is 2.22. The average molecular weight is 621 g/mol. The lowest BCUT2D eigenvalue weighted by atomic mass is 9.97. The Labute approximate surface area is 270 Å². The van der Waals surface area contributed by atoms with Crippen LogP contribution in [0.25, 0.3) is 17.2 Å². The third kappa shape index (κ3) is 8.92. The lowest BCUT2D eigenvalue weighted by Crippen LogP contribution is -2.02. The first-order chi connectivity index (χ1) is 22.0. The number of ketones is 1. The van der Waals surface area contributed by atoms with Gasteiger partial charge in [0, 0.05) is 17.2 Å². The fourth-order valence-electron chi connectivity index (χ4n) is 4.64. The number of ether oxygens (including phenoxy) is 1. The van der Waals surface area contributed by atoms with Crippen molar-refractivity contribution in [3.63, 3.8) is 0 Å². The quantitative estimate of drug-likeness (QED) is 0.0647. The van der Waals surface area contributed by atoms with Gasteiger partial charge in [0.25, 0.3) is 0 Å². The molecule has 4 aromatic carbocycles. The van der Waals surface area contributed by atoms with Crippen LogP contribution in [0, 0.1) is 0 Å². The summed E-state index contributed by atoms with van der Waals surface area (Å²) < 4.78 is 5.15. The van der Waals surface area contributed by atoms with Crippen LogP contribution in [0.5, 0.6) is 34.5 Å². The summed E-state index contributed by atoms with van der Waals surface area (Å²) in [6.45, 7) is 11.2. The summed E-state index contributed by atoms with van der Waals surface area (Å²) in [5.74, 6) is -0.129. The lowest BCUT2D eigenvalue weighted by molar-refractivity contribution is 0.104. The van der Waals surface area contributed by atoms with Crippen molar-refractivity contribution in [1.82, 2.24) is 0 Å². The van der Waals surface area contributed by atoms with E-state index in [0.717, 1.165) is 33.4 Å². The zero-order valence-corrected chi connectivity index (χ0v) is 26.3. The van der Waals surface area contributed by atoms with Gasteiger partial charge in [-0.3, -0.25) is 4.79 Å². The normalized spacial score (nSPS) is 10.5. The first kappa shape index (κ1) is 34.8. The van der Waals surface area contributed by atoms with Crippen molar-refractivity contribution in [3.05, 3.63) is 138 Å². The number of benzene rings is 4. The highest BCUT2D eigenvalue weighted by atomic mass is 16.5. The molecule has 5 N–H and O–H groups in total. The highest BCUT2D eigenvalue weighted by molar-refractivity contribution is 6.11. The highest BCUT2D eigenvalue weighted by Crippen LogP contribution is 2.39. The van der Waals surface area contributed by atoms with Gasteiger partial charge in [-0.25, -0.2) is 0 Å². The number of hydrogen-bond donors (Lipinski definition) is 5. The van der Waals surface area contributed by atoms with Gasteiger partial charge in [-0.15, -0.1) is 13.2 Å². The van der Waals surface area contributed by atoms with Crippen LogP contribution in [0.3, 0.4) is 0 Å². The third-order valence-corrected chi connectivity index (χ3v) is 7.09. The number of phenols is 5. The van der Waals surface area contributed by atoms with E-state index in [2.05, 4.69) is 13.2 Å². The Bertz CT molecular complexity index is 1760. The SMILES string of the molecule is C=CCc1cc(-c2cccc(CC=C)c2O)ccc1O.COc1cc(O)c(CC=C(C)C)c(O)c1C(=O)/C=C/c1ccc(O)cc1. The second kappa shape index (κ2) is 16.4. The molecule has 0 atom stereocenters. The van der Waals surface area contributed by atoms with E-state index in [4.69, 9.17) is 4.74 Å². The largest absolute Gasteiger partial charge is 0.508 e. The van der Waals surface area contributed by atoms with Crippen LogP contribution in [-0.2, 0) is 19.3 Å². The van der Waals surface area contributed by atoms with Crippen LogP contribution in [0.4, 0.5) is 0 Å². The van der Waals surface area contributed by atoms with E-state index in [0.29, 0.717) is 19.3 Å². The first-order valence-electron chi connectivity index (χ1n) is 14.6. The molecule has 0 saturated heterocycles. The lowest BCUT2D eigenvalue weighted by Gasteiger charge is -2.13. The Morgan fingerprint density at radius 2 is 1.46 bits per heavy atom. The fraction of sp³-hybridized carbons (Fsp3) is 0.154. The number of rotatable bonds is 11. The summed E-state index contributed by atoms with van der Waals surface area (Å²) >= 11 is 0. The number of aromatic hydroxyl groups is 5. The van der Waals surface area contributed by atoms with Gasteiger partial charge in [0.15, 0.2) is 5.78 Å². The molecule has 7 heteroatoms. The van der Waals surface area contributed by atoms with Crippen molar-refractivity contribution < 1.29 is 35.1 Å². The molecule has 0 aliphatic rings. The van der Waals surface area contributed by atoms with E-state index >= 15 is 0 Å². The monoisotopic (exact) mass is 620 g/mol. The number of allylic oxidation sites excluding steroid dienone is 5. The Kier molecular flexibility index (Phi) is 12.4. The summed E-state index contributed by atoms with van der Waals surface area (Å²) in [5, 5.41) is 50.1. The van der Waals surface area contributed by atoms with Crippen LogP contribution < -0.4 is 4.74 Å². The molecule has 0 aromatic heterocycles. The smallest absolute Gasteiger partial charge is 0.193 e. The van der Waals surface area contributed by atoms with Gasteiger partial charge < -0.3 is 30.3 Å². The molecule has 0 radical (unpaired) electrons. The minimum Gasteiger partial charge on any atom is -0.508 e. The van der Waals surface area contributed by atoms with E-state index in [1.807, 2.05) is 44.2 Å². The Morgan fingerprint density at radius 3 is 2.09 bits per heavy atom. The standard InChI is InChI=1S/C21H22O5.C18H18O2/c1-13(2)4-10-16-18(24)12-19(26-3)20(21(16)25)17(23)11-7-14-5-8-15(22)9-6-14;1-3-6-13-8-5-9-16(18(13)20)14-10-11-17(19)15(12-14)7-4-2/h4-9,11-12,22,24-25H,10H2,1-3H3;3-5,8-12,19-20H,1-2,6-7H2/b11-7+;. The summed E-state index contributed by atoms with van der Waals surface area (Å²) in [4.78, 5) is 12.6. The number of hydrogen-bond acceptors (Lipinski definition) is 7. The molecule has 0 spiro atoms. The molecule has 0 amide bonds. The molecule has 0 bridgehead atoms. The summed E-state index contributed by atoms with van der Waals surface area (Å²) in [6.07, 6.45) is 9.75. The van der Waals surface area contributed by atoms with Crippen molar-refractivity contribution in [2.24, 2.45) is 0 Å². The predicted molar refractivity (Wildman–Crippen MR) is 184 cm³/mol. The van der Waals surface area contributed by atoms with Crippen LogP contribution in [0.15, 0.2) is 110 Å². The minimum atomic E-state index is -0.453. The number of methoxy groups -OCH3 is 1. The molecule has 0 unspecified atom stereocenters. The van der Waals surface area contributed by atoms with Gasteiger partial charge in [0.1, 0.15) is 40.1 Å². The maximum absolute atomic E-state index is 12.6. The van der Waals surface area contributed by atoms with Gasteiger partial charge in [-0.05, 0) is 85.7 Å². The van der Waals surface area contributed by atoms with Crippen LogP contribution in [0.2, 0.25) is 0 Å². The molecule has 0 aliphatic carbocycles. The van der Waals surface area contributed by atoms with Crippen molar-refractivity contribution >= 4 is 11.9 Å². The molecule has 0 fully saturated rings. The van der Waals surface area contributed by atoms with E-state index < -0.39 is 5.78 Å². The Balaban J connectivity index is 0.000000259. The summed E-state index contributed by atoms with van der Waals surface area (Å²) in [6, 6.07) is 18.7. The zero-order valence-electron chi connectivity index (χ0n) is 26.3. The Hall–Kier alpha value is -5.69. The maximum Gasteiger partial charge on any atom is 0.193 e. The zero-order chi connectivity index (χ0) is 33.8. The second-order valence-electron chi connectivity index (χ2n) is 10.7. The first-order valence-corrected chi connectivity index (χ1v) is 14.6. The second-order valence-corrected chi connectivity index (χ2v) is 10.7. The number of para-hydroxylation sites is 1. The molecule has 4 rings (SSSR count). The van der Waals surface area contributed by atoms with Crippen LogP contribution >= 0.6 is 0 Å². The molecular formula is C39H40O7. The van der Waals surface area contributed by atoms with Crippen molar-refractivity contribution in [3.8, 4) is 45.6 Å². The van der Waals surface area contributed by atoms with Crippen LogP contribution in [0.1, 0.15) is 46.5 Å². The van der Waals surface area contributed by atoms with Crippen molar-refractivity contribution in [2.75, 3.05) is 7.11 Å². The molecule has 238 valence electrons. The van der Waals surface area contributed by atoms with Crippen LogP contribution in [-0.4, -0.2) is 38.4 Å². The summed E-state index contributed by atoms with van der Waals surface area (Å²) in [7, 11) is 1.37. The molecule has 0 saturated carbocycles. The molecule has 7 nitrogen and oxygen atoms in total. The van der Waals surface area contributed by atoms with E-state index in [1.165, 1.54) is 31.4 Å². The van der Waals surface area contributed by atoms with Crippen molar-refractivity contribution in [2.45, 2.75) is 33.1 Å². The molecule has 46 heavy (non-hydrogen) atoms. The third-order valence-electron chi connectivity index (χ3n) is 7.09. The minimum absolute atomic E-state index is 0.00233. The maximum atomic E-state index is 12.6. The number of phenolic OH excluding ortho intramolecular Hbond substituents is 5. The topological polar surface area (TPSA) is 127 Å². The average Bonchev–Trinajstić information content (AvgIpc) is 3.03. The van der Waals surface area contributed by atoms with Gasteiger partial charge >= 0.3 is 0 Å². The Morgan fingerprint density at radius 1 is 0.783 bits per heavy atom. The van der Waals surface area contributed by atoms with E-state index in [1.54, 1.807) is 42.5 Å². The van der Waals surface area contributed by atoms with Gasteiger partial charge in [-0.1, -0.05) is 66.3 Å². The van der Waals surface area contributed by atoms with Gasteiger partial charge in [0.2, 0.25) is 0 Å². The van der Waals surface area contributed by atoms with Gasteiger partial charge in [0.05, 0.1) is 7.11 Å². The molecule has 0 heterocycles. The van der Waals surface area contributed by atoms with Crippen molar-refractivity contribution in [1.29, 1.82) is 0 Å². The fourth-order valence-corrected chi connectivity index (χ4v) is 4.64. The molecular weight excluding hydrogens is 580 g/mol. The summed E-state index contributed by atoms with van der Waals surface area (Å²) in [5.41, 5.74) is 5.29. The number of carbonyl (C=O) groups excluding carboxylic acids is 1. The van der Waals surface area contributed by atoms with E-state index in [-0.39, 0.29) is 45.6 Å². The molecule has 0 aliphatic heterocycles. The number of carbonyl (C=O) groups is 1. The van der Waals surface area contributed by atoms with Gasteiger partial charge in [-0.2, -0.15) is 0 Å². The molecule has 4 aromatic rings. The predicted octanol–water partition coefficient (Wildman–Crippen LogP) is 8.44.